The Bertz CT molecular complexity index is 500. The average Bonchev–Trinajstić information content (AvgIpc) is 2.38. The van der Waals surface area contributed by atoms with Gasteiger partial charge >= 0.3 is 0 Å². The van der Waals surface area contributed by atoms with Crippen molar-refractivity contribution in [2.24, 2.45) is 0 Å². The van der Waals surface area contributed by atoms with E-state index in [4.69, 9.17) is 11.6 Å². The van der Waals surface area contributed by atoms with Crippen LogP contribution in [0.15, 0.2) is 36.7 Å². The number of nitrogens with zero attached hydrogens (tertiary/aromatic N) is 2. The van der Waals surface area contributed by atoms with E-state index in [2.05, 4.69) is 40.4 Å². The van der Waals surface area contributed by atoms with Crippen LogP contribution in [0.5, 0.6) is 0 Å². The summed E-state index contributed by atoms with van der Waals surface area (Å²) in [5.41, 5.74) is 2.59. The van der Waals surface area contributed by atoms with Crippen LogP contribution in [0.1, 0.15) is 18.1 Å². The summed E-state index contributed by atoms with van der Waals surface area (Å²) in [6, 6.07) is 8.33. The minimum absolute atomic E-state index is 0.404. The van der Waals surface area contributed by atoms with Crippen LogP contribution in [0.25, 0.3) is 0 Å². The number of hydrogen-bond acceptors (Lipinski definition) is 3. The molecule has 4 heteroatoms. The van der Waals surface area contributed by atoms with Crippen molar-refractivity contribution in [3.05, 3.63) is 52.9 Å². The first-order chi connectivity index (χ1) is 8.31. The quantitative estimate of drug-likeness (QED) is 0.901. The van der Waals surface area contributed by atoms with Crippen molar-refractivity contribution in [1.82, 2.24) is 9.97 Å². The van der Waals surface area contributed by atoms with E-state index in [1.165, 1.54) is 11.1 Å². The highest BCUT2D eigenvalue weighted by Crippen LogP contribution is 2.16. The van der Waals surface area contributed by atoms with Crippen molar-refractivity contribution in [2.45, 2.75) is 19.9 Å². The van der Waals surface area contributed by atoms with Gasteiger partial charge in [-0.1, -0.05) is 42.8 Å². The summed E-state index contributed by atoms with van der Waals surface area (Å²) < 4.78 is 0. The Kier molecular flexibility index (Phi) is 3.94. The Morgan fingerprint density at radius 1 is 1.12 bits per heavy atom. The molecule has 2 aromatic rings. The fraction of sp³-hybridized carbons (Fsp3) is 0.231. The second-order valence-corrected chi connectivity index (χ2v) is 4.03. The Morgan fingerprint density at radius 2 is 1.82 bits per heavy atom. The molecule has 0 atom stereocenters. The normalized spacial score (nSPS) is 10.2. The van der Waals surface area contributed by atoms with Crippen molar-refractivity contribution in [3.8, 4) is 0 Å². The Labute approximate surface area is 106 Å². The second kappa shape index (κ2) is 5.64. The lowest BCUT2D eigenvalue weighted by Crippen LogP contribution is -2.04. The third-order valence-electron chi connectivity index (χ3n) is 2.60. The van der Waals surface area contributed by atoms with Gasteiger partial charge in [-0.3, -0.25) is 0 Å². The molecular weight excluding hydrogens is 234 g/mol. The van der Waals surface area contributed by atoms with E-state index in [0.717, 1.165) is 6.42 Å². The maximum Gasteiger partial charge on any atom is 0.171 e. The first kappa shape index (κ1) is 11.9. The molecule has 0 saturated carbocycles. The van der Waals surface area contributed by atoms with Gasteiger partial charge in [-0.15, -0.1) is 0 Å². The molecule has 0 fully saturated rings. The molecule has 1 aromatic carbocycles. The molecule has 0 spiro atoms. The maximum absolute atomic E-state index is 5.93. The number of hydrogen-bond donors (Lipinski definition) is 1. The van der Waals surface area contributed by atoms with Crippen LogP contribution in [-0.2, 0) is 13.0 Å². The molecule has 0 unspecified atom stereocenters. The lowest BCUT2D eigenvalue weighted by Gasteiger charge is -2.09. The SMILES string of the molecule is CCc1ccccc1CNc1nccnc1Cl. The Morgan fingerprint density at radius 3 is 2.53 bits per heavy atom. The number of rotatable bonds is 4. The topological polar surface area (TPSA) is 37.8 Å². The van der Waals surface area contributed by atoms with E-state index in [1.807, 2.05) is 6.07 Å². The highest BCUT2D eigenvalue weighted by atomic mass is 35.5. The summed E-state index contributed by atoms with van der Waals surface area (Å²) in [5, 5.41) is 3.60. The fourth-order valence-corrected chi connectivity index (χ4v) is 1.87. The second-order valence-electron chi connectivity index (χ2n) is 3.67. The number of aryl methyl sites for hydroxylation is 1. The summed E-state index contributed by atoms with van der Waals surface area (Å²) >= 11 is 5.93. The van der Waals surface area contributed by atoms with E-state index in [-0.39, 0.29) is 0 Å². The molecular formula is C13H14ClN3. The van der Waals surface area contributed by atoms with Crippen LogP contribution in [0, 0.1) is 0 Å². The van der Waals surface area contributed by atoms with Crippen LogP contribution in [0.4, 0.5) is 5.82 Å². The molecule has 0 aliphatic heterocycles. The van der Waals surface area contributed by atoms with Gasteiger partial charge in [0, 0.05) is 18.9 Å². The summed E-state index contributed by atoms with van der Waals surface area (Å²) in [6.07, 6.45) is 4.22. The van der Waals surface area contributed by atoms with Crippen LogP contribution >= 0.6 is 11.6 Å². The fourth-order valence-electron chi connectivity index (χ4n) is 1.69. The first-order valence-corrected chi connectivity index (χ1v) is 5.96. The van der Waals surface area contributed by atoms with Gasteiger partial charge in [0.05, 0.1) is 0 Å². The predicted octanol–water partition coefficient (Wildman–Crippen LogP) is 3.30. The summed E-state index contributed by atoms with van der Waals surface area (Å²) in [5.74, 6) is 0.625. The van der Waals surface area contributed by atoms with Crippen molar-refractivity contribution >= 4 is 17.4 Å². The molecule has 0 radical (unpaired) electrons. The van der Waals surface area contributed by atoms with Gasteiger partial charge in [0.2, 0.25) is 0 Å². The van der Waals surface area contributed by atoms with Gasteiger partial charge < -0.3 is 5.32 Å². The van der Waals surface area contributed by atoms with Gasteiger partial charge in [0.25, 0.3) is 0 Å². The van der Waals surface area contributed by atoms with E-state index in [0.29, 0.717) is 17.5 Å². The largest absolute Gasteiger partial charge is 0.363 e. The summed E-state index contributed by atoms with van der Waals surface area (Å²) in [7, 11) is 0. The Hall–Kier alpha value is -1.61. The lowest BCUT2D eigenvalue weighted by molar-refractivity contribution is 1.03. The van der Waals surface area contributed by atoms with Gasteiger partial charge in [0.1, 0.15) is 0 Å². The number of anilines is 1. The van der Waals surface area contributed by atoms with Gasteiger partial charge in [-0.2, -0.15) is 0 Å². The third kappa shape index (κ3) is 2.94. The first-order valence-electron chi connectivity index (χ1n) is 5.58. The van der Waals surface area contributed by atoms with Gasteiger partial charge in [0.15, 0.2) is 11.0 Å². The van der Waals surface area contributed by atoms with E-state index >= 15 is 0 Å². The van der Waals surface area contributed by atoms with Crippen LogP contribution in [-0.4, -0.2) is 9.97 Å². The molecule has 1 heterocycles. The van der Waals surface area contributed by atoms with Crippen LogP contribution in [0.3, 0.4) is 0 Å². The van der Waals surface area contributed by atoms with Crippen molar-refractivity contribution in [1.29, 1.82) is 0 Å². The molecule has 3 nitrogen and oxygen atoms in total. The number of halogens is 1. The minimum Gasteiger partial charge on any atom is -0.363 e. The van der Waals surface area contributed by atoms with Crippen molar-refractivity contribution in [3.63, 3.8) is 0 Å². The monoisotopic (exact) mass is 247 g/mol. The molecule has 0 saturated heterocycles. The molecule has 0 amide bonds. The molecule has 2 rings (SSSR count). The lowest BCUT2D eigenvalue weighted by atomic mass is 10.1. The smallest absolute Gasteiger partial charge is 0.171 e. The van der Waals surface area contributed by atoms with Gasteiger partial charge in [-0.05, 0) is 17.5 Å². The third-order valence-corrected chi connectivity index (χ3v) is 2.88. The van der Waals surface area contributed by atoms with E-state index in [1.54, 1.807) is 12.4 Å². The van der Waals surface area contributed by atoms with Crippen LogP contribution < -0.4 is 5.32 Å². The molecule has 0 bridgehead atoms. The maximum atomic E-state index is 5.93. The number of aromatic nitrogens is 2. The molecule has 1 aromatic heterocycles. The van der Waals surface area contributed by atoms with Gasteiger partial charge in [-0.25, -0.2) is 9.97 Å². The Balaban J connectivity index is 2.10. The van der Waals surface area contributed by atoms with E-state index in [9.17, 15) is 0 Å². The molecule has 17 heavy (non-hydrogen) atoms. The zero-order valence-electron chi connectivity index (χ0n) is 9.65. The molecule has 0 aliphatic carbocycles. The zero-order chi connectivity index (χ0) is 12.1. The molecule has 88 valence electrons. The average molecular weight is 248 g/mol. The molecule has 1 N–H and O–H groups in total. The summed E-state index contributed by atoms with van der Waals surface area (Å²) in [6.45, 7) is 2.86. The summed E-state index contributed by atoms with van der Waals surface area (Å²) in [4.78, 5) is 8.12. The number of benzene rings is 1. The highest BCUT2D eigenvalue weighted by molar-refractivity contribution is 6.31. The van der Waals surface area contributed by atoms with Crippen molar-refractivity contribution in [2.75, 3.05) is 5.32 Å². The molecule has 0 aliphatic rings. The zero-order valence-corrected chi connectivity index (χ0v) is 10.4. The minimum atomic E-state index is 0.404. The highest BCUT2D eigenvalue weighted by Gasteiger charge is 2.03. The predicted molar refractivity (Wildman–Crippen MR) is 70.2 cm³/mol. The van der Waals surface area contributed by atoms with Crippen LogP contribution in [0.2, 0.25) is 5.15 Å². The standard InChI is InChI=1S/C13H14ClN3/c1-2-10-5-3-4-6-11(10)9-17-13-12(14)15-7-8-16-13/h3-8H,2,9H2,1H3,(H,16,17). The number of nitrogens with one attached hydrogen (secondary N) is 1. The van der Waals surface area contributed by atoms with E-state index < -0.39 is 0 Å². The van der Waals surface area contributed by atoms with Crippen molar-refractivity contribution < 1.29 is 0 Å².